The molecule has 0 saturated carbocycles. The fourth-order valence-electron chi connectivity index (χ4n) is 3.79. The van der Waals surface area contributed by atoms with Gasteiger partial charge in [0, 0.05) is 10.6 Å². The Kier molecular flexibility index (Phi) is 9.40. The van der Waals surface area contributed by atoms with E-state index in [0.29, 0.717) is 11.3 Å². The molecule has 0 saturated heterocycles. The summed E-state index contributed by atoms with van der Waals surface area (Å²) < 4.78 is 69.5. The van der Waals surface area contributed by atoms with Gasteiger partial charge in [-0.3, -0.25) is 9.59 Å². The van der Waals surface area contributed by atoms with Crippen molar-refractivity contribution in [3.63, 3.8) is 0 Å². The first kappa shape index (κ1) is 30.8. The van der Waals surface area contributed by atoms with Crippen molar-refractivity contribution < 1.29 is 35.6 Å². The van der Waals surface area contributed by atoms with Gasteiger partial charge in [-0.2, -0.15) is 18.3 Å². The molecule has 1 aromatic heterocycles. The van der Waals surface area contributed by atoms with Crippen molar-refractivity contribution in [1.82, 2.24) is 5.43 Å². The van der Waals surface area contributed by atoms with Crippen molar-refractivity contribution in [3.05, 3.63) is 123 Å². The first-order valence-electron chi connectivity index (χ1n) is 11.9. The molecule has 0 unspecified atom stereocenters. The van der Waals surface area contributed by atoms with Gasteiger partial charge in [-0.25, -0.2) is 13.8 Å². The molecule has 0 spiro atoms. The van der Waals surface area contributed by atoms with E-state index in [4.69, 9.17) is 27.6 Å². The zero-order valence-electron chi connectivity index (χ0n) is 21.3. The summed E-state index contributed by atoms with van der Waals surface area (Å²) in [4.78, 5) is 25.9. The Morgan fingerprint density at radius 2 is 1.71 bits per heavy atom. The van der Waals surface area contributed by atoms with Gasteiger partial charge in [0.05, 0.1) is 40.1 Å². The number of alkyl halides is 3. The van der Waals surface area contributed by atoms with E-state index < -0.39 is 38.4 Å². The molecule has 0 radical (unpaired) electrons. The summed E-state index contributed by atoms with van der Waals surface area (Å²) in [5.74, 6) is -1.79. The molecule has 3 aromatic carbocycles. The van der Waals surface area contributed by atoms with Gasteiger partial charge in [0.15, 0.2) is 9.84 Å². The molecule has 4 aromatic rings. The van der Waals surface area contributed by atoms with Crippen molar-refractivity contribution >= 4 is 56.8 Å². The lowest BCUT2D eigenvalue weighted by atomic mass is 10.1. The zero-order valence-corrected chi connectivity index (χ0v) is 23.6. The molecule has 8 nitrogen and oxygen atoms in total. The third-order valence-corrected chi connectivity index (χ3v) is 7.73. The van der Waals surface area contributed by atoms with Crippen LogP contribution in [0.2, 0.25) is 10.0 Å². The van der Waals surface area contributed by atoms with Crippen LogP contribution in [0.25, 0.3) is 0 Å². The van der Waals surface area contributed by atoms with Crippen LogP contribution in [0.5, 0.6) is 0 Å². The highest BCUT2D eigenvalue weighted by Gasteiger charge is 2.33. The van der Waals surface area contributed by atoms with Crippen LogP contribution in [-0.2, 0) is 27.5 Å². The molecule has 0 atom stereocenters. The first-order valence-corrected chi connectivity index (χ1v) is 14.5. The van der Waals surface area contributed by atoms with E-state index in [-0.39, 0.29) is 38.9 Å². The average Bonchev–Trinajstić information content (AvgIpc) is 3.42. The maximum absolute atomic E-state index is 13.1. The van der Waals surface area contributed by atoms with Crippen LogP contribution >= 0.6 is 23.2 Å². The van der Waals surface area contributed by atoms with E-state index in [1.54, 1.807) is 18.2 Å². The Hall–Kier alpha value is -4.13. The summed E-state index contributed by atoms with van der Waals surface area (Å²) in [5.41, 5.74) is 1.62. The van der Waals surface area contributed by atoms with Crippen molar-refractivity contribution in [2.45, 2.75) is 17.7 Å². The van der Waals surface area contributed by atoms with E-state index in [0.717, 1.165) is 18.3 Å². The molecule has 0 aliphatic carbocycles. The number of sulfone groups is 1. The fourth-order valence-corrected chi connectivity index (χ4v) is 5.58. The van der Waals surface area contributed by atoms with Crippen LogP contribution in [0.15, 0.2) is 88.6 Å². The predicted octanol–water partition coefficient (Wildman–Crippen LogP) is 6.74. The number of halogens is 5. The van der Waals surface area contributed by atoms with Crippen LogP contribution in [0, 0.1) is 0 Å². The number of carbonyl (C=O) groups excluding carboxylic acids is 2. The lowest BCUT2D eigenvalue weighted by Crippen LogP contribution is -2.21. The van der Waals surface area contributed by atoms with Gasteiger partial charge in [-0.05, 0) is 65.7 Å². The molecule has 0 aliphatic heterocycles. The van der Waals surface area contributed by atoms with Crippen LogP contribution < -0.4 is 10.7 Å². The lowest BCUT2D eigenvalue weighted by molar-refractivity contribution is -0.137. The molecule has 0 aliphatic rings. The number of hydrogen-bond donors (Lipinski definition) is 2. The number of nitrogens with zero attached hydrogens (tertiary/aromatic N) is 1. The summed E-state index contributed by atoms with van der Waals surface area (Å²) >= 11 is 11.7. The highest BCUT2D eigenvalue weighted by molar-refractivity contribution is 7.89. The summed E-state index contributed by atoms with van der Waals surface area (Å²) in [6, 6.07) is 16.3. The molecular formula is C28H20Cl2F3N3O5S. The highest BCUT2D eigenvalue weighted by Crippen LogP contribution is 2.34. The van der Waals surface area contributed by atoms with Gasteiger partial charge < -0.3 is 9.73 Å². The second-order valence-corrected chi connectivity index (χ2v) is 11.8. The molecule has 14 heteroatoms. The summed E-state index contributed by atoms with van der Waals surface area (Å²) in [6.45, 7) is 0. The molecule has 218 valence electrons. The topological polar surface area (TPSA) is 118 Å². The smallest absolute Gasteiger partial charge is 0.417 e. The van der Waals surface area contributed by atoms with E-state index in [1.165, 1.54) is 48.7 Å². The highest BCUT2D eigenvalue weighted by atomic mass is 35.5. The number of furan rings is 1. The zero-order chi connectivity index (χ0) is 30.5. The number of anilines is 1. The monoisotopic (exact) mass is 637 g/mol. The van der Waals surface area contributed by atoms with Crippen LogP contribution in [0.1, 0.15) is 43.2 Å². The van der Waals surface area contributed by atoms with Gasteiger partial charge in [0.25, 0.3) is 11.8 Å². The van der Waals surface area contributed by atoms with Crippen molar-refractivity contribution in [1.29, 1.82) is 0 Å². The van der Waals surface area contributed by atoms with E-state index >= 15 is 0 Å². The molecule has 42 heavy (non-hydrogen) atoms. The normalized spacial score (nSPS) is 11.9. The van der Waals surface area contributed by atoms with Crippen molar-refractivity contribution in [2.24, 2.45) is 5.10 Å². The number of nitrogens with one attached hydrogen (secondary N) is 2. The van der Waals surface area contributed by atoms with Crippen molar-refractivity contribution in [2.75, 3.05) is 5.32 Å². The molecular weight excluding hydrogens is 618 g/mol. The summed E-state index contributed by atoms with van der Waals surface area (Å²) in [7, 11) is -3.59. The SMILES string of the molecule is O=C(Nc1ccc(Cl)cc1C(=O)N/N=C/c1ccc(Cl)c(C(F)(F)F)c1)c1cccc(CS(=O)(=O)Cc2ccco2)c1. The average molecular weight is 638 g/mol. The van der Waals surface area contributed by atoms with Crippen LogP contribution in [0.3, 0.4) is 0 Å². The maximum atomic E-state index is 13.1. The minimum atomic E-state index is -4.67. The largest absolute Gasteiger partial charge is 0.468 e. The minimum Gasteiger partial charge on any atom is -0.468 e. The van der Waals surface area contributed by atoms with Gasteiger partial charge in [0.2, 0.25) is 0 Å². The van der Waals surface area contributed by atoms with E-state index in [1.807, 2.05) is 0 Å². The number of benzene rings is 3. The molecule has 2 N–H and O–H groups in total. The minimum absolute atomic E-state index is 0.0256. The maximum Gasteiger partial charge on any atom is 0.417 e. The molecule has 2 amide bonds. The number of hydrogen-bond acceptors (Lipinski definition) is 6. The summed E-state index contributed by atoms with van der Waals surface area (Å²) in [6.07, 6.45) is -2.30. The number of carbonyl (C=O) groups is 2. The fraction of sp³-hybridized carbons (Fsp3) is 0.107. The third-order valence-electron chi connectivity index (χ3n) is 5.67. The van der Waals surface area contributed by atoms with E-state index in [9.17, 15) is 31.2 Å². The molecule has 0 bridgehead atoms. The predicted molar refractivity (Wildman–Crippen MR) is 152 cm³/mol. The van der Waals surface area contributed by atoms with E-state index in [2.05, 4.69) is 15.8 Å². The Balaban J connectivity index is 1.47. The first-order chi connectivity index (χ1) is 19.8. The van der Waals surface area contributed by atoms with Gasteiger partial charge in [-0.15, -0.1) is 0 Å². The van der Waals surface area contributed by atoms with Gasteiger partial charge in [-0.1, -0.05) is 41.4 Å². The second-order valence-electron chi connectivity index (χ2n) is 8.89. The van der Waals surface area contributed by atoms with Crippen LogP contribution in [0.4, 0.5) is 18.9 Å². The third kappa shape index (κ3) is 8.21. The van der Waals surface area contributed by atoms with Gasteiger partial charge >= 0.3 is 6.18 Å². The lowest BCUT2D eigenvalue weighted by Gasteiger charge is -2.12. The Morgan fingerprint density at radius 3 is 2.43 bits per heavy atom. The number of hydrazone groups is 1. The number of amides is 2. The summed E-state index contributed by atoms with van der Waals surface area (Å²) in [5, 5.41) is 5.96. The quantitative estimate of drug-likeness (QED) is 0.156. The number of rotatable bonds is 9. The van der Waals surface area contributed by atoms with Crippen molar-refractivity contribution in [3.8, 4) is 0 Å². The molecule has 4 rings (SSSR count). The van der Waals surface area contributed by atoms with Crippen LogP contribution in [-0.4, -0.2) is 26.4 Å². The molecule has 1 heterocycles. The Bertz CT molecular complexity index is 1760. The van der Waals surface area contributed by atoms with Gasteiger partial charge in [0.1, 0.15) is 11.5 Å². The second kappa shape index (κ2) is 12.8. The standard InChI is InChI=1S/C28H20Cl2F3N3O5S/c29-20-7-9-25(22(13-20)27(38)36-34-14-17-6-8-24(30)23(12-17)28(31,32)33)35-26(37)19-4-1-3-18(11-19)15-42(39,40)16-21-5-2-10-41-21/h1-14H,15-16H2,(H,35,37)(H,36,38)/b34-14+. The molecule has 0 fully saturated rings. The Morgan fingerprint density at radius 1 is 0.929 bits per heavy atom. The Labute approximate surface area is 248 Å².